The number of Topliss-reactive ketones (excluding diaryl/α,β-unsaturated/α-hetero) is 1. The molecule has 2 amide bonds. The lowest BCUT2D eigenvalue weighted by Crippen LogP contribution is -2.39. The largest absolute Gasteiger partial charge is 0.511 e. The Morgan fingerprint density at radius 1 is 0.981 bits per heavy atom. The molecule has 0 aromatic heterocycles. The zero-order valence-electron chi connectivity index (χ0n) is 34.1. The zero-order chi connectivity index (χ0) is 39.9. The molecule has 4 rings (SSSR count). The molecule has 2 atom stereocenters. The Bertz CT molecular complexity index is 1320. The Morgan fingerprint density at radius 3 is 2.17 bits per heavy atom. The molecule has 9 nitrogen and oxygen atoms in total. The number of hydrogen-bond acceptors (Lipinski definition) is 9. The van der Waals surface area contributed by atoms with Crippen LogP contribution in [0.15, 0.2) is 34.7 Å². The lowest BCUT2D eigenvalue weighted by Gasteiger charge is -2.33. The summed E-state index contributed by atoms with van der Waals surface area (Å²) in [7, 11) is 1.58. The molecule has 54 heavy (non-hydrogen) atoms. The molecule has 1 saturated heterocycles. The standard InChI is InChI=1S/C17H27NO3S.C14H20ClNO2.C11H21NOS/c1-3-6-14(18-21-4-2)17-15(19)9-13(10-16(17)20)12-7-5-8-22-11-12;1-4-11-7-6-8-12(5-2)14(11)16(10-18-3)13(17)9-15;1-3-12(11(13)14-4-2)10-8-6-5-7-9-10/h12-13,19H,3-11H2,1-2H3;6-8H,4-5,9-10H2,1-3H3;10H,3-9H2,1-2H3/b18-14+;;. The number of ketones is 1. The smallest absolute Gasteiger partial charge is 0.281 e. The van der Waals surface area contributed by atoms with Gasteiger partial charge >= 0.3 is 0 Å². The predicted octanol–water partition coefficient (Wildman–Crippen LogP) is 10.6. The number of alkyl halides is 1. The van der Waals surface area contributed by atoms with Gasteiger partial charge in [-0.05, 0) is 99.0 Å². The van der Waals surface area contributed by atoms with Crippen LogP contribution in [0, 0.1) is 11.8 Å². The number of aryl methyl sites for hydroxylation is 2. The second-order valence-corrected chi connectivity index (χ2v) is 16.5. The summed E-state index contributed by atoms with van der Waals surface area (Å²) in [6.45, 7) is 13.8. The van der Waals surface area contributed by atoms with Crippen LogP contribution in [0.25, 0.3) is 0 Å². The number of oxime groups is 1. The number of carbonyl (C=O) groups excluding carboxylic acids is 3. The summed E-state index contributed by atoms with van der Waals surface area (Å²) in [5.41, 5.74) is 4.28. The van der Waals surface area contributed by atoms with Gasteiger partial charge in [0.1, 0.15) is 25.0 Å². The van der Waals surface area contributed by atoms with E-state index in [1.807, 2.05) is 50.7 Å². The van der Waals surface area contributed by atoms with Gasteiger partial charge in [-0.2, -0.15) is 11.8 Å². The van der Waals surface area contributed by atoms with Crippen molar-refractivity contribution in [3.05, 3.63) is 40.7 Å². The molecule has 1 saturated carbocycles. The number of carbonyl (C=O) groups is 3. The molecule has 306 valence electrons. The zero-order valence-corrected chi connectivity index (χ0v) is 36.5. The monoisotopic (exact) mass is 809 g/mol. The van der Waals surface area contributed by atoms with Crippen molar-refractivity contribution in [1.29, 1.82) is 0 Å². The van der Waals surface area contributed by atoms with Crippen molar-refractivity contribution in [1.82, 2.24) is 4.90 Å². The van der Waals surface area contributed by atoms with Gasteiger partial charge in [0.25, 0.3) is 5.24 Å². The van der Waals surface area contributed by atoms with Crippen molar-refractivity contribution < 1.29 is 29.1 Å². The molecule has 12 heteroatoms. The molecule has 1 heterocycles. The maximum atomic E-state index is 12.6. The summed E-state index contributed by atoms with van der Waals surface area (Å²) < 4.78 is 5.13. The van der Waals surface area contributed by atoms with E-state index in [0.29, 0.717) is 55.0 Å². The molecular formula is C42H68ClN3O6S2. The van der Waals surface area contributed by atoms with E-state index in [2.05, 4.69) is 30.8 Å². The number of ether oxygens (including phenoxy) is 1. The number of methoxy groups -OCH3 is 1. The highest BCUT2D eigenvalue weighted by atomic mass is 35.5. The van der Waals surface area contributed by atoms with E-state index in [9.17, 15) is 19.5 Å². The second kappa shape index (κ2) is 27.4. The van der Waals surface area contributed by atoms with Crippen molar-refractivity contribution in [2.24, 2.45) is 17.0 Å². The minimum atomic E-state index is -0.130. The highest BCUT2D eigenvalue weighted by Crippen LogP contribution is 2.38. The average molecular weight is 811 g/mol. The number of halogens is 1. The minimum absolute atomic E-state index is 0.0371. The number of para-hydroxylation sites is 1. The first kappa shape index (κ1) is 47.9. The molecule has 2 fully saturated rings. The summed E-state index contributed by atoms with van der Waals surface area (Å²) in [6, 6.07) is 6.63. The highest BCUT2D eigenvalue weighted by Gasteiger charge is 2.35. The Balaban J connectivity index is 0.000000288. The molecule has 1 aliphatic heterocycles. The number of aliphatic hydroxyl groups is 1. The number of benzene rings is 1. The van der Waals surface area contributed by atoms with Crippen molar-refractivity contribution in [3.8, 4) is 0 Å². The minimum Gasteiger partial charge on any atom is -0.511 e. The van der Waals surface area contributed by atoms with Gasteiger partial charge in [0.2, 0.25) is 5.91 Å². The number of thioether (sulfide) groups is 2. The van der Waals surface area contributed by atoms with Crippen LogP contribution in [0.3, 0.4) is 0 Å². The van der Waals surface area contributed by atoms with Gasteiger partial charge < -0.3 is 19.6 Å². The van der Waals surface area contributed by atoms with Crippen molar-refractivity contribution in [2.45, 2.75) is 131 Å². The average Bonchev–Trinajstić information content (AvgIpc) is 3.19. The van der Waals surface area contributed by atoms with Gasteiger partial charge in [-0.3, -0.25) is 19.3 Å². The molecule has 3 aliphatic rings. The molecule has 0 radical (unpaired) electrons. The van der Waals surface area contributed by atoms with Gasteiger partial charge in [-0.1, -0.05) is 88.5 Å². The molecule has 1 N–H and O–H groups in total. The first-order valence-electron chi connectivity index (χ1n) is 20.3. The first-order valence-corrected chi connectivity index (χ1v) is 22.9. The van der Waals surface area contributed by atoms with E-state index in [1.165, 1.54) is 62.5 Å². The summed E-state index contributed by atoms with van der Waals surface area (Å²) in [5, 5.41) is 14.8. The Hall–Kier alpha value is -2.21. The van der Waals surface area contributed by atoms with Crippen LogP contribution in [0.1, 0.15) is 123 Å². The van der Waals surface area contributed by atoms with Crippen LogP contribution in [-0.4, -0.2) is 88.8 Å². The maximum Gasteiger partial charge on any atom is 0.281 e. The number of amides is 2. The van der Waals surface area contributed by atoms with E-state index >= 15 is 0 Å². The predicted molar refractivity (Wildman–Crippen MR) is 229 cm³/mol. The van der Waals surface area contributed by atoms with Crippen LogP contribution in [0.5, 0.6) is 0 Å². The van der Waals surface area contributed by atoms with E-state index in [-0.39, 0.29) is 35.3 Å². The van der Waals surface area contributed by atoms with Crippen LogP contribution < -0.4 is 4.90 Å². The van der Waals surface area contributed by atoms with E-state index < -0.39 is 0 Å². The Kier molecular flexibility index (Phi) is 24.3. The summed E-state index contributed by atoms with van der Waals surface area (Å²) in [6.07, 6.45) is 13.2. The second-order valence-electron chi connectivity index (χ2n) is 13.9. The van der Waals surface area contributed by atoms with E-state index in [0.717, 1.165) is 54.1 Å². The SMILES string of the molecule is CCC/C(=N\OCC)C1=C(O)CC(C2CCCSC2)CC1=O.CCSC(=O)N(CC)C1CCCCC1.CCc1cccc(CC)c1N(COC)C(=O)CCl. The van der Waals surface area contributed by atoms with Gasteiger partial charge in [-0.15, -0.1) is 11.6 Å². The van der Waals surface area contributed by atoms with Crippen molar-refractivity contribution >= 4 is 63.5 Å². The van der Waals surface area contributed by atoms with Gasteiger partial charge in [0, 0.05) is 32.5 Å². The molecule has 2 unspecified atom stereocenters. The first-order chi connectivity index (χ1) is 26.1. The lowest BCUT2D eigenvalue weighted by molar-refractivity contribution is -0.118. The van der Waals surface area contributed by atoms with Gasteiger partial charge in [0.05, 0.1) is 17.0 Å². The number of allylic oxidation sites excluding steroid dienone is 2. The molecular weight excluding hydrogens is 742 g/mol. The summed E-state index contributed by atoms with van der Waals surface area (Å²) >= 11 is 9.09. The topological polar surface area (TPSA) is 109 Å². The highest BCUT2D eigenvalue weighted by molar-refractivity contribution is 8.13. The third-order valence-electron chi connectivity index (χ3n) is 10.2. The summed E-state index contributed by atoms with van der Waals surface area (Å²) in [5.74, 6) is 4.19. The normalized spacial score (nSPS) is 19.3. The van der Waals surface area contributed by atoms with Gasteiger partial charge in [-0.25, -0.2) is 0 Å². The fraction of sp³-hybridized carbons (Fsp3) is 0.714. The molecule has 1 aromatic rings. The molecule has 0 spiro atoms. The van der Waals surface area contributed by atoms with Crippen LogP contribution in [0.2, 0.25) is 0 Å². The number of aliphatic hydroxyl groups excluding tert-OH is 1. The number of nitrogens with zero attached hydrogens (tertiary/aromatic N) is 3. The third kappa shape index (κ3) is 15.0. The van der Waals surface area contributed by atoms with Crippen molar-refractivity contribution in [2.75, 3.05) is 55.0 Å². The fourth-order valence-corrected chi connectivity index (χ4v) is 9.59. The Labute approximate surface area is 339 Å². The maximum absolute atomic E-state index is 12.6. The molecule has 0 bridgehead atoms. The Morgan fingerprint density at radius 2 is 1.67 bits per heavy atom. The lowest BCUT2D eigenvalue weighted by atomic mass is 9.76. The number of rotatable bonds is 15. The molecule has 1 aromatic carbocycles. The van der Waals surface area contributed by atoms with E-state index in [1.54, 1.807) is 12.0 Å². The van der Waals surface area contributed by atoms with Crippen molar-refractivity contribution in [3.63, 3.8) is 0 Å². The van der Waals surface area contributed by atoms with Crippen LogP contribution >= 0.6 is 35.1 Å². The summed E-state index contributed by atoms with van der Waals surface area (Å²) in [4.78, 5) is 45.1. The molecule has 2 aliphatic carbocycles. The van der Waals surface area contributed by atoms with Crippen LogP contribution in [0.4, 0.5) is 10.5 Å². The number of anilines is 1. The fourth-order valence-electron chi connectivity index (χ4n) is 7.48. The van der Waals surface area contributed by atoms with Crippen LogP contribution in [-0.2, 0) is 32.0 Å². The third-order valence-corrected chi connectivity index (χ3v) is 12.4. The van der Waals surface area contributed by atoms with E-state index in [4.69, 9.17) is 21.2 Å². The quantitative estimate of drug-likeness (QED) is 0.0807. The van der Waals surface area contributed by atoms with Gasteiger partial charge in [0.15, 0.2) is 5.78 Å². The number of hydrogen-bond donors (Lipinski definition) is 1.